The van der Waals surface area contributed by atoms with Crippen LogP contribution in [0.4, 0.5) is 0 Å². The summed E-state index contributed by atoms with van der Waals surface area (Å²) in [6.07, 6.45) is -3.84. The van der Waals surface area contributed by atoms with Crippen molar-refractivity contribution in [3.63, 3.8) is 0 Å². The first-order chi connectivity index (χ1) is 8.59. The molecular formula is C12H14O6. The van der Waals surface area contributed by atoms with Gasteiger partial charge in [0.25, 0.3) is 0 Å². The first-order valence-electron chi connectivity index (χ1n) is 5.51. The number of aliphatic carboxylic acids is 1. The largest absolute Gasteiger partial charge is 0.479 e. The number of carbonyl (C=O) groups is 1. The first kappa shape index (κ1) is 13.0. The van der Waals surface area contributed by atoms with Gasteiger partial charge in [0.1, 0.15) is 6.10 Å². The second-order valence-corrected chi connectivity index (χ2v) is 3.97. The van der Waals surface area contributed by atoms with Crippen LogP contribution in [0.3, 0.4) is 0 Å². The van der Waals surface area contributed by atoms with E-state index < -0.39 is 24.5 Å². The molecule has 1 aliphatic rings. The second-order valence-electron chi connectivity index (χ2n) is 3.97. The van der Waals surface area contributed by atoms with E-state index in [4.69, 9.17) is 14.6 Å². The average Bonchev–Trinajstić information content (AvgIpc) is 2.91. The van der Waals surface area contributed by atoms with Crippen molar-refractivity contribution in [2.24, 2.45) is 0 Å². The van der Waals surface area contributed by atoms with Crippen molar-refractivity contribution in [3.8, 4) is 0 Å². The van der Waals surface area contributed by atoms with E-state index >= 15 is 0 Å². The molecule has 0 saturated carbocycles. The third-order valence-electron chi connectivity index (χ3n) is 2.70. The highest BCUT2D eigenvalue weighted by molar-refractivity contribution is 5.73. The smallest absolute Gasteiger partial charge is 0.335 e. The number of aliphatic hydroxyl groups excluding tert-OH is 2. The Labute approximate surface area is 103 Å². The van der Waals surface area contributed by atoms with E-state index in [1.54, 1.807) is 18.2 Å². The Morgan fingerprint density at radius 3 is 2.56 bits per heavy atom. The van der Waals surface area contributed by atoms with E-state index in [0.717, 1.165) is 0 Å². The fraction of sp³-hybridized carbons (Fsp3) is 0.417. The highest BCUT2D eigenvalue weighted by Crippen LogP contribution is 2.26. The Bertz CT molecular complexity index is 426. The summed E-state index contributed by atoms with van der Waals surface area (Å²) < 4.78 is 10.6. The molecule has 6 heteroatoms. The summed E-state index contributed by atoms with van der Waals surface area (Å²) in [4.78, 5) is 10.6. The van der Waals surface area contributed by atoms with Gasteiger partial charge in [-0.25, -0.2) is 4.79 Å². The summed E-state index contributed by atoms with van der Waals surface area (Å²) in [7, 11) is 0. The lowest BCUT2D eigenvalue weighted by Gasteiger charge is -2.16. The van der Waals surface area contributed by atoms with Crippen molar-refractivity contribution in [3.05, 3.63) is 35.4 Å². The van der Waals surface area contributed by atoms with Gasteiger partial charge in [0.05, 0.1) is 13.2 Å². The molecule has 3 N–H and O–H groups in total. The van der Waals surface area contributed by atoms with Crippen LogP contribution in [-0.4, -0.2) is 40.6 Å². The minimum Gasteiger partial charge on any atom is -0.479 e. The van der Waals surface area contributed by atoms with E-state index in [1.165, 1.54) is 6.07 Å². The number of hydrogen-bond donors (Lipinski definition) is 3. The summed E-state index contributed by atoms with van der Waals surface area (Å²) in [5, 5.41) is 27.6. The lowest BCUT2D eigenvalue weighted by Crippen LogP contribution is -2.27. The van der Waals surface area contributed by atoms with Crippen molar-refractivity contribution >= 4 is 5.97 Å². The fourth-order valence-electron chi connectivity index (χ4n) is 1.76. The van der Waals surface area contributed by atoms with Gasteiger partial charge in [-0.2, -0.15) is 0 Å². The Balaban J connectivity index is 2.18. The molecule has 0 aliphatic carbocycles. The highest BCUT2D eigenvalue weighted by Gasteiger charge is 2.26. The molecule has 1 aromatic carbocycles. The minimum atomic E-state index is -1.86. The first-order valence-corrected chi connectivity index (χ1v) is 5.51. The van der Waals surface area contributed by atoms with Crippen LogP contribution in [-0.2, 0) is 14.3 Å². The molecule has 1 saturated heterocycles. The predicted molar refractivity (Wildman–Crippen MR) is 59.7 cm³/mol. The maximum absolute atomic E-state index is 10.6. The Hall–Kier alpha value is -1.47. The van der Waals surface area contributed by atoms with Gasteiger partial charge in [-0.1, -0.05) is 18.2 Å². The number of benzene rings is 1. The maximum atomic E-state index is 10.6. The molecule has 18 heavy (non-hydrogen) atoms. The number of rotatable bonds is 4. The zero-order chi connectivity index (χ0) is 13.1. The average molecular weight is 254 g/mol. The van der Waals surface area contributed by atoms with E-state index in [2.05, 4.69) is 0 Å². The van der Waals surface area contributed by atoms with Crippen LogP contribution in [0.5, 0.6) is 0 Å². The van der Waals surface area contributed by atoms with E-state index in [1.807, 2.05) is 0 Å². The summed E-state index contributed by atoms with van der Waals surface area (Å²) >= 11 is 0. The monoisotopic (exact) mass is 254 g/mol. The van der Waals surface area contributed by atoms with Crippen LogP contribution in [0, 0.1) is 0 Å². The van der Waals surface area contributed by atoms with Gasteiger partial charge in [-0.15, -0.1) is 0 Å². The SMILES string of the molecule is O=C(O)C(O)C(O)c1cccc(C2OCCO2)c1. The van der Waals surface area contributed by atoms with Crippen LogP contribution in [0.2, 0.25) is 0 Å². The molecule has 1 aliphatic heterocycles. The van der Waals surface area contributed by atoms with E-state index in [-0.39, 0.29) is 0 Å². The quantitative estimate of drug-likeness (QED) is 0.711. The van der Waals surface area contributed by atoms with Crippen molar-refractivity contribution < 1.29 is 29.6 Å². The summed E-state index contributed by atoms with van der Waals surface area (Å²) in [6.45, 7) is 0.990. The van der Waals surface area contributed by atoms with Crippen molar-refractivity contribution in [1.82, 2.24) is 0 Å². The van der Waals surface area contributed by atoms with Crippen LogP contribution in [0.1, 0.15) is 23.5 Å². The molecule has 1 fully saturated rings. The van der Waals surface area contributed by atoms with Gasteiger partial charge < -0.3 is 24.8 Å². The lowest BCUT2D eigenvalue weighted by molar-refractivity contribution is -0.153. The standard InChI is InChI=1S/C12H14O6/c13-9(10(14)11(15)16)7-2-1-3-8(6-7)12-17-4-5-18-12/h1-3,6,9-10,12-14H,4-5H2,(H,15,16). The topological polar surface area (TPSA) is 96.2 Å². The Morgan fingerprint density at radius 2 is 1.94 bits per heavy atom. The Kier molecular flexibility index (Phi) is 3.93. The number of hydrogen-bond acceptors (Lipinski definition) is 5. The van der Waals surface area contributed by atoms with Gasteiger partial charge in [0.2, 0.25) is 0 Å². The van der Waals surface area contributed by atoms with Crippen molar-refractivity contribution in [2.75, 3.05) is 13.2 Å². The maximum Gasteiger partial charge on any atom is 0.335 e. The van der Waals surface area contributed by atoms with Gasteiger partial charge in [0.15, 0.2) is 12.4 Å². The normalized spacial score (nSPS) is 19.7. The van der Waals surface area contributed by atoms with E-state index in [0.29, 0.717) is 24.3 Å². The van der Waals surface area contributed by atoms with Crippen LogP contribution in [0.25, 0.3) is 0 Å². The predicted octanol–water partition coefficient (Wildman–Crippen LogP) is 0.211. The Morgan fingerprint density at radius 1 is 1.28 bits per heavy atom. The van der Waals surface area contributed by atoms with Gasteiger partial charge in [0, 0.05) is 5.56 Å². The summed E-state index contributed by atoms with van der Waals surface area (Å²) in [6, 6.07) is 6.49. The van der Waals surface area contributed by atoms with Crippen LogP contribution in [0.15, 0.2) is 24.3 Å². The molecule has 6 nitrogen and oxygen atoms in total. The molecular weight excluding hydrogens is 240 g/mol. The van der Waals surface area contributed by atoms with Gasteiger partial charge in [-0.05, 0) is 11.6 Å². The molecule has 2 unspecified atom stereocenters. The zero-order valence-electron chi connectivity index (χ0n) is 9.52. The number of carboxylic acids is 1. The van der Waals surface area contributed by atoms with Crippen LogP contribution < -0.4 is 0 Å². The molecule has 0 amide bonds. The minimum absolute atomic E-state index is 0.307. The summed E-state index contributed by atoms with van der Waals surface area (Å²) in [5.41, 5.74) is 0.989. The third kappa shape index (κ3) is 2.68. The molecule has 0 aromatic heterocycles. The number of aliphatic hydroxyl groups is 2. The number of ether oxygens (including phenoxy) is 2. The van der Waals surface area contributed by atoms with Crippen molar-refractivity contribution in [2.45, 2.75) is 18.5 Å². The molecule has 1 heterocycles. The zero-order valence-corrected chi connectivity index (χ0v) is 9.52. The molecule has 98 valence electrons. The molecule has 1 aromatic rings. The lowest BCUT2D eigenvalue weighted by atomic mass is 10.0. The van der Waals surface area contributed by atoms with Gasteiger partial charge in [-0.3, -0.25) is 0 Å². The van der Waals surface area contributed by atoms with Gasteiger partial charge >= 0.3 is 5.97 Å². The molecule has 0 bridgehead atoms. The summed E-state index contributed by atoms with van der Waals surface area (Å²) in [5.74, 6) is -1.47. The molecule has 2 atom stereocenters. The van der Waals surface area contributed by atoms with E-state index in [9.17, 15) is 15.0 Å². The molecule has 0 spiro atoms. The second kappa shape index (κ2) is 5.45. The molecule has 0 radical (unpaired) electrons. The fourth-order valence-corrected chi connectivity index (χ4v) is 1.76. The highest BCUT2D eigenvalue weighted by atomic mass is 16.7. The number of carboxylic acid groups (broad SMARTS) is 1. The molecule has 2 rings (SSSR count). The van der Waals surface area contributed by atoms with Crippen molar-refractivity contribution in [1.29, 1.82) is 0 Å². The third-order valence-corrected chi connectivity index (χ3v) is 2.70. The van der Waals surface area contributed by atoms with Crippen LogP contribution >= 0.6 is 0 Å².